The van der Waals surface area contributed by atoms with Crippen molar-refractivity contribution in [2.24, 2.45) is 0 Å². The van der Waals surface area contributed by atoms with E-state index < -0.39 is 10.0 Å². The van der Waals surface area contributed by atoms with Gasteiger partial charge in [-0.25, -0.2) is 13.1 Å². The van der Waals surface area contributed by atoms with Crippen LogP contribution in [0.5, 0.6) is 0 Å². The van der Waals surface area contributed by atoms with Gasteiger partial charge in [-0.05, 0) is 12.1 Å². The molecular formula is C14H17ClN2O2S. The highest BCUT2D eigenvalue weighted by atomic mass is 35.5. The molecule has 6 heteroatoms. The Labute approximate surface area is 124 Å². The fraction of sp³-hybridized carbons (Fsp3) is 0.286. The molecule has 4 nitrogen and oxygen atoms in total. The third-order valence-corrected chi connectivity index (χ3v) is 4.73. The SMILES string of the molecule is CN(C)c1cccc2c(S(=O)(=O)NCCCl)cccc12. The third kappa shape index (κ3) is 2.90. The molecule has 0 aliphatic carbocycles. The van der Waals surface area contributed by atoms with E-state index in [1.54, 1.807) is 12.1 Å². The molecule has 2 aromatic carbocycles. The molecule has 1 N–H and O–H groups in total. The summed E-state index contributed by atoms with van der Waals surface area (Å²) in [6, 6.07) is 10.9. The molecule has 2 aromatic rings. The zero-order chi connectivity index (χ0) is 14.8. The molecular weight excluding hydrogens is 296 g/mol. The van der Waals surface area contributed by atoms with Crippen molar-refractivity contribution in [3.63, 3.8) is 0 Å². The number of rotatable bonds is 5. The largest absolute Gasteiger partial charge is 0.377 e. The number of hydrogen-bond donors (Lipinski definition) is 1. The van der Waals surface area contributed by atoms with Gasteiger partial charge in [-0.2, -0.15) is 0 Å². The number of halogens is 1. The molecule has 20 heavy (non-hydrogen) atoms. The summed E-state index contributed by atoms with van der Waals surface area (Å²) in [5, 5.41) is 1.62. The van der Waals surface area contributed by atoms with Gasteiger partial charge in [-0.1, -0.05) is 24.3 Å². The van der Waals surface area contributed by atoms with Gasteiger partial charge >= 0.3 is 0 Å². The highest BCUT2D eigenvalue weighted by molar-refractivity contribution is 7.89. The minimum Gasteiger partial charge on any atom is -0.377 e. The van der Waals surface area contributed by atoms with E-state index in [4.69, 9.17) is 11.6 Å². The van der Waals surface area contributed by atoms with Gasteiger partial charge in [0.15, 0.2) is 0 Å². The van der Waals surface area contributed by atoms with Gasteiger partial charge in [0.05, 0.1) is 4.90 Å². The summed E-state index contributed by atoms with van der Waals surface area (Å²) in [6.07, 6.45) is 0. The number of nitrogens with zero attached hydrogens (tertiary/aromatic N) is 1. The number of nitrogens with one attached hydrogen (secondary N) is 1. The molecule has 0 aromatic heterocycles. The lowest BCUT2D eigenvalue weighted by atomic mass is 10.1. The van der Waals surface area contributed by atoms with Crippen LogP contribution in [0.4, 0.5) is 5.69 Å². The molecule has 0 amide bonds. The first-order chi connectivity index (χ1) is 9.47. The number of benzene rings is 2. The summed E-state index contributed by atoms with van der Waals surface area (Å²) < 4.78 is 27.1. The lowest BCUT2D eigenvalue weighted by molar-refractivity contribution is 0.585. The Morgan fingerprint density at radius 3 is 2.40 bits per heavy atom. The predicted octanol–water partition coefficient (Wildman–Crippen LogP) is 2.42. The molecule has 0 heterocycles. The Bertz CT molecular complexity index is 714. The fourth-order valence-corrected chi connectivity index (χ4v) is 3.60. The maximum absolute atomic E-state index is 12.3. The molecule has 2 rings (SSSR count). The molecule has 0 aliphatic rings. The summed E-state index contributed by atoms with van der Waals surface area (Å²) in [4.78, 5) is 2.24. The molecule has 0 saturated heterocycles. The Kier molecular flexibility index (Phi) is 4.52. The second-order valence-electron chi connectivity index (χ2n) is 4.61. The monoisotopic (exact) mass is 312 g/mol. The van der Waals surface area contributed by atoms with E-state index in [0.717, 1.165) is 11.1 Å². The van der Waals surface area contributed by atoms with Gasteiger partial charge < -0.3 is 4.90 Å². The maximum Gasteiger partial charge on any atom is 0.241 e. The lowest BCUT2D eigenvalue weighted by Crippen LogP contribution is -2.25. The average Bonchev–Trinajstić information content (AvgIpc) is 2.43. The first-order valence-electron chi connectivity index (χ1n) is 6.22. The van der Waals surface area contributed by atoms with Crippen molar-refractivity contribution in [1.82, 2.24) is 4.72 Å². The van der Waals surface area contributed by atoms with E-state index >= 15 is 0 Å². The minimum atomic E-state index is -3.54. The van der Waals surface area contributed by atoms with E-state index in [0.29, 0.717) is 5.39 Å². The highest BCUT2D eigenvalue weighted by Gasteiger charge is 2.17. The molecule has 0 radical (unpaired) electrons. The van der Waals surface area contributed by atoms with Gasteiger partial charge in [0, 0.05) is 43.0 Å². The summed E-state index contributed by atoms with van der Waals surface area (Å²) in [6.45, 7) is 0.216. The van der Waals surface area contributed by atoms with Crippen molar-refractivity contribution in [1.29, 1.82) is 0 Å². The Hall–Kier alpha value is -1.30. The average molecular weight is 313 g/mol. The summed E-state index contributed by atoms with van der Waals surface area (Å²) >= 11 is 5.55. The number of anilines is 1. The van der Waals surface area contributed by atoms with Crippen LogP contribution in [0.2, 0.25) is 0 Å². The van der Waals surface area contributed by atoms with E-state index in [2.05, 4.69) is 4.72 Å². The van der Waals surface area contributed by atoms with Crippen molar-refractivity contribution in [3.8, 4) is 0 Å². The molecule has 0 fully saturated rings. The predicted molar refractivity (Wildman–Crippen MR) is 84.2 cm³/mol. The Morgan fingerprint density at radius 2 is 1.75 bits per heavy atom. The van der Waals surface area contributed by atoms with Gasteiger partial charge in [0.25, 0.3) is 0 Å². The summed E-state index contributed by atoms with van der Waals surface area (Å²) in [7, 11) is 0.320. The maximum atomic E-state index is 12.3. The van der Waals surface area contributed by atoms with Crippen LogP contribution in [0.15, 0.2) is 41.3 Å². The van der Waals surface area contributed by atoms with E-state index in [9.17, 15) is 8.42 Å². The van der Waals surface area contributed by atoms with Crippen LogP contribution in [0, 0.1) is 0 Å². The summed E-state index contributed by atoms with van der Waals surface area (Å²) in [5.41, 5.74) is 0.983. The molecule has 108 valence electrons. The van der Waals surface area contributed by atoms with Crippen LogP contribution >= 0.6 is 11.6 Å². The standard InChI is InChI=1S/C14H17ClN2O2S/c1-17(2)13-7-3-6-12-11(13)5-4-8-14(12)20(18,19)16-10-9-15/h3-8,16H,9-10H2,1-2H3. The number of hydrogen-bond acceptors (Lipinski definition) is 3. The molecule has 0 bridgehead atoms. The Morgan fingerprint density at radius 1 is 1.10 bits per heavy atom. The second-order valence-corrected chi connectivity index (χ2v) is 6.72. The van der Waals surface area contributed by atoms with E-state index in [1.807, 2.05) is 43.3 Å². The molecule has 0 saturated carbocycles. The van der Waals surface area contributed by atoms with Crippen molar-refractivity contribution in [2.75, 3.05) is 31.4 Å². The second kappa shape index (κ2) is 5.99. The lowest BCUT2D eigenvalue weighted by Gasteiger charge is -2.17. The normalized spacial score (nSPS) is 11.8. The van der Waals surface area contributed by atoms with Gasteiger partial charge in [-0.3, -0.25) is 0 Å². The van der Waals surface area contributed by atoms with Crippen LogP contribution in [-0.2, 0) is 10.0 Å². The van der Waals surface area contributed by atoms with Gasteiger partial charge in [0.1, 0.15) is 0 Å². The van der Waals surface area contributed by atoms with Gasteiger partial charge in [0.2, 0.25) is 10.0 Å². The highest BCUT2D eigenvalue weighted by Crippen LogP contribution is 2.29. The van der Waals surface area contributed by atoms with Crippen molar-refractivity contribution >= 4 is 38.1 Å². The van der Waals surface area contributed by atoms with Crippen LogP contribution < -0.4 is 9.62 Å². The van der Waals surface area contributed by atoms with Crippen molar-refractivity contribution in [3.05, 3.63) is 36.4 Å². The molecule has 0 spiro atoms. The minimum absolute atomic E-state index is 0.216. The van der Waals surface area contributed by atoms with Crippen LogP contribution in [0.3, 0.4) is 0 Å². The molecule has 0 atom stereocenters. The first-order valence-corrected chi connectivity index (χ1v) is 8.24. The summed E-state index contributed by atoms with van der Waals surface area (Å²) in [5.74, 6) is 0.243. The topological polar surface area (TPSA) is 49.4 Å². The zero-order valence-electron chi connectivity index (χ0n) is 11.4. The molecule has 0 aliphatic heterocycles. The number of sulfonamides is 1. The van der Waals surface area contributed by atoms with Crippen LogP contribution in [0.1, 0.15) is 0 Å². The van der Waals surface area contributed by atoms with E-state index in [-0.39, 0.29) is 17.3 Å². The van der Waals surface area contributed by atoms with Crippen LogP contribution in [0.25, 0.3) is 10.8 Å². The number of fused-ring (bicyclic) bond motifs is 1. The van der Waals surface area contributed by atoms with Crippen molar-refractivity contribution < 1.29 is 8.42 Å². The smallest absolute Gasteiger partial charge is 0.241 e. The first kappa shape index (κ1) is 15.1. The van der Waals surface area contributed by atoms with E-state index in [1.165, 1.54) is 0 Å². The number of alkyl halides is 1. The fourth-order valence-electron chi connectivity index (χ4n) is 2.14. The van der Waals surface area contributed by atoms with Crippen molar-refractivity contribution in [2.45, 2.75) is 4.90 Å². The zero-order valence-corrected chi connectivity index (χ0v) is 13.0. The Balaban J connectivity index is 2.64. The molecule has 0 unspecified atom stereocenters. The van der Waals surface area contributed by atoms with Gasteiger partial charge in [-0.15, -0.1) is 11.6 Å². The quantitative estimate of drug-likeness (QED) is 0.863. The third-order valence-electron chi connectivity index (χ3n) is 3.02. The van der Waals surface area contributed by atoms with Crippen LogP contribution in [-0.4, -0.2) is 34.9 Å².